The van der Waals surface area contributed by atoms with Gasteiger partial charge in [-0.15, -0.1) is 0 Å². The number of methoxy groups -OCH3 is 1. The number of ether oxygens (including phenoxy) is 2. The van der Waals surface area contributed by atoms with Gasteiger partial charge >= 0.3 is 12.1 Å². The zero-order valence-corrected chi connectivity index (χ0v) is 13.0. The fourth-order valence-corrected chi connectivity index (χ4v) is 2.69. The minimum Gasteiger partial charge on any atom is -0.469 e. The standard InChI is InChI=1S/C16H22N2O4/c1-18-9-13(15(19)21-2)8-14(10-18)17-16(20)22-11-12-6-4-3-5-7-12/h3-7,13-14H,8-11H2,1-2H3,(H,17,20). The van der Waals surface area contributed by atoms with Crippen LogP contribution in [0.3, 0.4) is 0 Å². The highest BCUT2D eigenvalue weighted by atomic mass is 16.5. The number of hydrogen-bond donors (Lipinski definition) is 1. The van der Waals surface area contributed by atoms with E-state index >= 15 is 0 Å². The van der Waals surface area contributed by atoms with Gasteiger partial charge in [0.25, 0.3) is 0 Å². The number of nitrogens with zero attached hydrogens (tertiary/aromatic N) is 1. The van der Waals surface area contributed by atoms with Crippen LogP contribution >= 0.6 is 0 Å². The summed E-state index contributed by atoms with van der Waals surface area (Å²) in [5.74, 6) is -0.459. The number of rotatable bonds is 4. The van der Waals surface area contributed by atoms with Gasteiger partial charge in [0.15, 0.2) is 0 Å². The lowest BCUT2D eigenvalue weighted by Crippen LogP contribution is -2.51. The largest absolute Gasteiger partial charge is 0.469 e. The summed E-state index contributed by atoms with van der Waals surface area (Å²) in [5.41, 5.74) is 0.936. The van der Waals surface area contributed by atoms with E-state index in [9.17, 15) is 9.59 Å². The van der Waals surface area contributed by atoms with Crippen molar-refractivity contribution in [3.63, 3.8) is 0 Å². The second kappa shape index (κ2) is 7.79. The van der Waals surface area contributed by atoms with Crippen LogP contribution in [-0.4, -0.2) is 50.3 Å². The van der Waals surface area contributed by atoms with E-state index in [1.807, 2.05) is 42.3 Å². The Hall–Kier alpha value is -2.08. The molecule has 1 fully saturated rings. The Labute approximate surface area is 130 Å². The number of likely N-dealkylation sites (tertiary alicyclic amines) is 1. The summed E-state index contributed by atoms with van der Waals surface area (Å²) < 4.78 is 9.99. The molecule has 0 spiro atoms. The predicted octanol–water partition coefficient (Wildman–Crippen LogP) is 1.41. The van der Waals surface area contributed by atoms with Crippen molar-refractivity contribution in [3.8, 4) is 0 Å². The van der Waals surface area contributed by atoms with Crippen molar-refractivity contribution in [2.45, 2.75) is 19.1 Å². The van der Waals surface area contributed by atoms with E-state index in [0.29, 0.717) is 19.5 Å². The number of likely N-dealkylation sites (N-methyl/N-ethyl adjacent to an activating group) is 1. The Balaban J connectivity index is 1.81. The van der Waals surface area contributed by atoms with E-state index in [4.69, 9.17) is 9.47 Å². The Morgan fingerprint density at radius 3 is 2.68 bits per heavy atom. The van der Waals surface area contributed by atoms with Gasteiger partial charge in [0.2, 0.25) is 0 Å². The smallest absolute Gasteiger partial charge is 0.407 e. The molecule has 0 bridgehead atoms. The summed E-state index contributed by atoms with van der Waals surface area (Å²) in [6.07, 6.45) is 0.102. The van der Waals surface area contributed by atoms with Crippen molar-refractivity contribution in [3.05, 3.63) is 35.9 Å². The van der Waals surface area contributed by atoms with Gasteiger partial charge in [-0.05, 0) is 19.0 Å². The third-order valence-electron chi connectivity index (χ3n) is 3.70. The third kappa shape index (κ3) is 4.73. The lowest BCUT2D eigenvalue weighted by Gasteiger charge is -2.34. The molecule has 2 unspecified atom stereocenters. The average Bonchev–Trinajstić information content (AvgIpc) is 2.52. The zero-order valence-electron chi connectivity index (χ0n) is 13.0. The van der Waals surface area contributed by atoms with Gasteiger partial charge in [-0.1, -0.05) is 30.3 Å². The van der Waals surface area contributed by atoms with Crippen LogP contribution in [0.15, 0.2) is 30.3 Å². The molecule has 0 aromatic heterocycles. The van der Waals surface area contributed by atoms with Crippen molar-refractivity contribution in [2.24, 2.45) is 5.92 Å². The second-order valence-electron chi connectivity index (χ2n) is 5.58. The molecule has 6 nitrogen and oxygen atoms in total. The first-order valence-corrected chi connectivity index (χ1v) is 7.32. The maximum Gasteiger partial charge on any atom is 0.407 e. The molecule has 22 heavy (non-hydrogen) atoms. The highest BCUT2D eigenvalue weighted by Crippen LogP contribution is 2.17. The summed E-state index contributed by atoms with van der Waals surface area (Å²) in [6.45, 7) is 1.56. The molecular formula is C16H22N2O4. The van der Waals surface area contributed by atoms with E-state index in [0.717, 1.165) is 5.56 Å². The molecule has 1 aromatic rings. The first-order valence-electron chi connectivity index (χ1n) is 7.32. The fourth-order valence-electron chi connectivity index (χ4n) is 2.69. The molecule has 1 aliphatic heterocycles. The molecule has 1 aromatic carbocycles. The summed E-state index contributed by atoms with van der Waals surface area (Å²) in [7, 11) is 3.30. The van der Waals surface area contributed by atoms with Gasteiger partial charge in [0.05, 0.1) is 13.0 Å². The summed E-state index contributed by atoms with van der Waals surface area (Å²) in [4.78, 5) is 25.5. The minimum absolute atomic E-state index is 0.119. The maximum atomic E-state index is 11.9. The molecule has 0 aliphatic carbocycles. The molecular weight excluding hydrogens is 284 g/mol. The summed E-state index contributed by atoms with van der Waals surface area (Å²) in [6, 6.07) is 9.38. The van der Waals surface area contributed by atoms with E-state index in [1.165, 1.54) is 7.11 Å². The molecule has 2 rings (SSSR count). The molecule has 2 atom stereocenters. The van der Waals surface area contributed by atoms with Crippen LogP contribution in [0.4, 0.5) is 4.79 Å². The molecule has 1 N–H and O–H groups in total. The SMILES string of the molecule is COC(=O)C1CC(NC(=O)OCc2ccccc2)CN(C)C1. The van der Waals surface area contributed by atoms with E-state index < -0.39 is 6.09 Å². The topological polar surface area (TPSA) is 67.9 Å². The van der Waals surface area contributed by atoms with Crippen LogP contribution in [0.5, 0.6) is 0 Å². The number of hydrogen-bond acceptors (Lipinski definition) is 5. The fraction of sp³-hybridized carbons (Fsp3) is 0.500. The highest BCUT2D eigenvalue weighted by Gasteiger charge is 2.31. The Bertz CT molecular complexity index is 506. The van der Waals surface area contributed by atoms with Crippen molar-refractivity contribution in [1.29, 1.82) is 0 Å². The summed E-state index contributed by atoms with van der Waals surface area (Å²) >= 11 is 0. The van der Waals surface area contributed by atoms with E-state index in [-0.39, 0.29) is 24.5 Å². The van der Waals surface area contributed by atoms with Crippen LogP contribution in [0.25, 0.3) is 0 Å². The van der Waals surface area contributed by atoms with Crippen LogP contribution in [0.2, 0.25) is 0 Å². The Kier molecular flexibility index (Phi) is 5.77. The number of alkyl carbamates (subject to hydrolysis) is 1. The van der Waals surface area contributed by atoms with Crippen LogP contribution < -0.4 is 5.32 Å². The Morgan fingerprint density at radius 1 is 1.27 bits per heavy atom. The zero-order chi connectivity index (χ0) is 15.9. The number of carbonyl (C=O) groups is 2. The van der Waals surface area contributed by atoms with Gasteiger partial charge in [0, 0.05) is 19.1 Å². The Morgan fingerprint density at radius 2 is 2.00 bits per heavy atom. The molecule has 1 amide bonds. The number of benzene rings is 1. The van der Waals surface area contributed by atoms with Crippen LogP contribution in [-0.2, 0) is 20.9 Å². The monoisotopic (exact) mass is 306 g/mol. The van der Waals surface area contributed by atoms with E-state index in [2.05, 4.69) is 5.32 Å². The van der Waals surface area contributed by atoms with Gasteiger partial charge < -0.3 is 19.7 Å². The van der Waals surface area contributed by atoms with Gasteiger partial charge in [0.1, 0.15) is 6.61 Å². The molecule has 120 valence electrons. The van der Waals surface area contributed by atoms with Crippen molar-refractivity contribution in [1.82, 2.24) is 10.2 Å². The molecule has 1 saturated heterocycles. The van der Waals surface area contributed by atoms with E-state index in [1.54, 1.807) is 0 Å². The number of piperidine rings is 1. The van der Waals surface area contributed by atoms with Gasteiger partial charge in [-0.25, -0.2) is 4.79 Å². The average molecular weight is 306 g/mol. The number of amides is 1. The lowest BCUT2D eigenvalue weighted by molar-refractivity contribution is -0.147. The normalized spacial score (nSPS) is 21.9. The van der Waals surface area contributed by atoms with Gasteiger partial charge in [-0.2, -0.15) is 0 Å². The number of carbonyl (C=O) groups excluding carboxylic acids is 2. The van der Waals surface area contributed by atoms with Crippen molar-refractivity contribution >= 4 is 12.1 Å². The van der Waals surface area contributed by atoms with Gasteiger partial charge in [-0.3, -0.25) is 4.79 Å². The lowest BCUT2D eigenvalue weighted by atomic mass is 9.95. The first-order chi connectivity index (χ1) is 10.6. The maximum absolute atomic E-state index is 11.9. The first kappa shape index (κ1) is 16.3. The molecule has 0 radical (unpaired) electrons. The molecule has 6 heteroatoms. The van der Waals surface area contributed by atoms with Crippen molar-refractivity contribution < 1.29 is 19.1 Å². The quantitative estimate of drug-likeness (QED) is 0.852. The number of nitrogens with one attached hydrogen (secondary N) is 1. The third-order valence-corrected chi connectivity index (χ3v) is 3.70. The van der Waals surface area contributed by atoms with Crippen LogP contribution in [0, 0.1) is 5.92 Å². The predicted molar refractivity (Wildman–Crippen MR) is 81.2 cm³/mol. The number of esters is 1. The second-order valence-corrected chi connectivity index (χ2v) is 5.58. The summed E-state index contributed by atoms with van der Waals surface area (Å²) in [5, 5.41) is 2.82. The molecule has 0 saturated carbocycles. The molecule has 1 aliphatic rings. The van der Waals surface area contributed by atoms with Crippen molar-refractivity contribution in [2.75, 3.05) is 27.2 Å². The van der Waals surface area contributed by atoms with Crippen LogP contribution in [0.1, 0.15) is 12.0 Å². The highest BCUT2D eigenvalue weighted by molar-refractivity contribution is 5.73. The minimum atomic E-state index is -0.465. The molecule has 1 heterocycles.